The molecule has 0 spiro atoms. The molecule has 0 aromatic carbocycles. The van der Waals surface area contributed by atoms with Crippen LogP contribution in [0.25, 0.3) is 5.57 Å². The van der Waals surface area contributed by atoms with Crippen molar-refractivity contribution in [2.24, 2.45) is 7.05 Å². The molecule has 4 heterocycles. The van der Waals surface area contributed by atoms with Crippen LogP contribution in [0.4, 0.5) is 5.13 Å². The Morgan fingerprint density at radius 1 is 1.37 bits per heavy atom. The van der Waals surface area contributed by atoms with Crippen molar-refractivity contribution < 1.29 is 37.7 Å². The van der Waals surface area contributed by atoms with Crippen molar-refractivity contribution in [3.8, 4) is 0 Å². The van der Waals surface area contributed by atoms with Crippen molar-refractivity contribution >= 4 is 70.9 Å². The number of fused-ring (bicyclic) bond motifs is 1. The molecule has 1 fully saturated rings. The van der Waals surface area contributed by atoms with Gasteiger partial charge in [0.05, 0.1) is 11.3 Å². The summed E-state index contributed by atoms with van der Waals surface area (Å²) in [6, 6.07) is 2.87. The maximum absolute atomic E-state index is 13.2. The molecule has 1 saturated heterocycles. The Hall–Kier alpha value is -2.68. The molecule has 4 rings (SSSR count). The van der Waals surface area contributed by atoms with Crippen LogP contribution in [0.5, 0.6) is 0 Å². The summed E-state index contributed by atoms with van der Waals surface area (Å²) in [6.07, 6.45) is 3.79. The SMILES string of the molecule is COP(=O)(/C=C(\C(=O)N[C@@H]1C(=O)N2C(C(=O)O)=C(CSc3cc[n+](C)cc3)CS[C@H]12)c1csc(N)n1)OC. The molecule has 2 aromatic rings. The highest BCUT2D eigenvalue weighted by Gasteiger charge is 2.54. The lowest BCUT2D eigenvalue weighted by Gasteiger charge is -2.49. The smallest absolute Gasteiger partial charge is 0.354 e. The number of aromatic nitrogens is 2. The van der Waals surface area contributed by atoms with Crippen LogP contribution in [0.15, 0.2) is 51.9 Å². The molecule has 0 aliphatic carbocycles. The molecule has 2 aromatic heterocycles. The second-order valence-electron chi connectivity index (χ2n) is 8.12. The number of hydrogen-bond donors (Lipinski definition) is 3. The van der Waals surface area contributed by atoms with E-state index in [9.17, 15) is 24.1 Å². The van der Waals surface area contributed by atoms with Crippen LogP contribution < -0.4 is 15.6 Å². The Morgan fingerprint density at radius 3 is 2.63 bits per heavy atom. The average Bonchev–Trinajstić information content (AvgIpc) is 3.34. The van der Waals surface area contributed by atoms with E-state index in [-0.39, 0.29) is 22.1 Å². The third kappa shape index (κ3) is 5.82. The maximum atomic E-state index is 13.2. The molecule has 0 saturated carbocycles. The lowest BCUT2D eigenvalue weighted by molar-refractivity contribution is -0.671. The van der Waals surface area contributed by atoms with Gasteiger partial charge in [0.1, 0.15) is 24.2 Å². The zero-order valence-electron chi connectivity index (χ0n) is 20.5. The van der Waals surface area contributed by atoms with Gasteiger partial charge < -0.3 is 25.2 Å². The predicted octanol–water partition coefficient (Wildman–Crippen LogP) is 1.91. The molecule has 0 bridgehead atoms. The molecule has 12 nitrogen and oxygen atoms in total. The van der Waals surface area contributed by atoms with Gasteiger partial charge >= 0.3 is 13.6 Å². The zero-order chi connectivity index (χ0) is 27.6. The average molecular weight is 599 g/mol. The van der Waals surface area contributed by atoms with E-state index in [4.69, 9.17) is 14.8 Å². The number of thiazole rings is 1. The fourth-order valence-electron chi connectivity index (χ4n) is 3.76. The maximum Gasteiger partial charge on any atom is 0.354 e. The normalized spacial score (nSPS) is 19.7. The molecular weight excluding hydrogens is 573 g/mol. The minimum absolute atomic E-state index is 0.0652. The van der Waals surface area contributed by atoms with Gasteiger partial charge in [-0.25, -0.2) is 14.3 Å². The highest BCUT2D eigenvalue weighted by atomic mass is 32.2. The second kappa shape index (κ2) is 11.6. The number of carboxylic acid groups (broad SMARTS) is 1. The molecule has 38 heavy (non-hydrogen) atoms. The highest BCUT2D eigenvalue weighted by molar-refractivity contribution is 8.01. The van der Waals surface area contributed by atoms with Crippen molar-refractivity contribution in [2.45, 2.75) is 16.3 Å². The van der Waals surface area contributed by atoms with Crippen LogP contribution in [0, 0.1) is 0 Å². The summed E-state index contributed by atoms with van der Waals surface area (Å²) in [5.41, 5.74) is 6.26. The summed E-state index contributed by atoms with van der Waals surface area (Å²) in [6.45, 7) is 0. The van der Waals surface area contributed by atoms with Crippen LogP contribution in [-0.2, 0) is 35.0 Å². The molecule has 0 unspecified atom stereocenters. The van der Waals surface area contributed by atoms with E-state index in [1.165, 1.54) is 48.0 Å². The van der Waals surface area contributed by atoms with Crippen molar-refractivity contribution in [2.75, 3.05) is 31.5 Å². The van der Waals surface area contributed by atoms with E-state index in [2.05, 4.69) is 10.3 Å². The first-order valence-corrected chi connectivity index (χ1v) is 15.5. The fraction of sp³-hybridized carbons (Fsp3) is 0.318. The molecule has 0 radical (unpaired) electrons. The van der Waals surface area contributed by atoms with E-state index in [1.807, 2.05) is 36.1 Å². The molecule has 2 aliphatic heterocycles. The molecular formula is C22H25N5O7PS3+. The number of nitrogens with two attached hydrogens (primary N) is 1. The first kappa shape index (κ1) is 28.3. The van der Waals surface area contributed by atoms with Gasteiger partial charge in [0.15, 0.2) is 17.5 Å². The third-order valence-corrected chi connectivity index (χ3v) is 10.4. The number of pyridine rings is 1. The summed E-state index contributed by atoms with van der Waals surface area (Å²) in [5.74, 6) is -0.707. The van der Waals surface area contributed by atoms with Crippen LogP contribution in [0.1, 0.15) is 5.69 Å². The second-order valence-corrected chi connectivity index (χ2v) is 13.2. The number of carbonyl (C=O) groups excluding carboxylic acids is 2. The summed E-state index contributed by atoms with van der Waals surface area (Å²) in [4.78, 5) is 44.8. The van der Waals surface area contributed by atoms with Gasteiger partial charge in [-0.3, -0.25) is 19.1 Å². The van der Waals surface area contributed by atoms with Crippen molar-refractivity contribution in [3.05, 3.63) is 52.7 Å². The van der Waals surface area contributed by atoms with Gasteiger partial charge in [0.2, 0.25) is 0 Å². The Labute approximate surface area is 230 Å². The Bertz CT molecular complexity index is 1370. The number of aryl methyl sites for hydroxylation is 1. The number of anilines is 1. The first-order chi connectivity index (χ1) is 18.1. The van der Waals surface area contributed by atoms with E-state index >= 15 is 0 Å². The monoisotopic (exact) mass is 598 g/mol. The number of amides is 2. The van der Waals surface area contributed by atoms with Crippen LogP contribution in [0.2, 0.25) is 0 Å². The van der Waals surface area contributed by atoms with Gasteiger partial charge in [0.25, 0.3) is 11.8 Å². The molecule has 4 N–H and O–H groups in total. The topological polar surface area (TPSA) is 165 Å². The van der Waals surface area contributed by atoms with Crippen LogP contribution in [-0.4, -0.2) is 69.9 Å². The fourth-order valence-corrected chi connectivity index (χ4v) is 7.62. The van der Waals surface area contributed by atoms with E-state index in [0.29, 0.717) is 17.1 Å². The minimum atomic E-state index is -3.78. The molecule has 2 aliphatic rings. The minimum Gasteiger partial charge on any atom is -0.477 e. The largest absolute Gasteiger partial charge is 0.477 e. The number of thioether (sulfide) groups is 2. The Kier molecular flexibility index (Phi) is 8.65. The summed E-state index contributed by atoms with van der Waals surface area (Å²) in [7, 11) is 0.466. The first-order valence-electron chi connectivity index (χ1n) is 11.0. The number of β-lactam (4-membered cyclic amide) rings is 1. The summed E-state index contributed by atoms with van der Waals surface area (Å²) < 4.78 is 24.5. The molecule has 2 amide bonds. The van der Waals surface area contributed by atoms with Crippen molar-refractivity contribution in [1.29, 1.82) is 0 Å². The van der Waals surface area contributed by atoms with E-state index in [1.54, 1.807) is 0 Å². The van der Waals surface area contributed by atoms with Crippen molar-refractivity contribution in [1.82, 2.24) is 15.2 Å². The van der Waals surface area contributed by atoms with Crippen LogP contribution in [0.3, 0.4) is 0 Å². The van der Waals surface area contributed by atoms with Gasteiger partial charge in [-0.1, -0.05) is 0 Å². The van der Waals surface area contributed by atoms with Gasteiger partial charge in [-0.2, -0.15) is 0 Å². The highest BCUT2D eigenvalue weighted by Crippen LogP contribution is 2.50. The number of aliphatic carboxylic acids is 1. The number of hydrogen-bond acceptors (Lipinski definition) is 11. The molecule has 202 valence electrons. The van der Waals surface area contributed by atoms with Gasteiger partial charge in [0, 0.05) is 54.0 Å². The number of nitrogens with one attached hydrogen (secondary N) is 1. The number of nitrogen functional groups attached to an aromatic ring is 1. The summed E-state index contributed by atoms with van der Waals surface area (Å²) >= 11 is 3.92. The predicted molar refractivity (Wildman–Crippen MR) is 144 cm³/mol. The van der Waals surface area contributed by atoms with Gasteiger partial charge in [-0.05, 0) is 5.57 Å². The lowest BCUT2D eigenvalue weighted by Crippen LogP contribution is -2.70. The number of carboxylic acids is 1. The number of rotatable bonds is 10. The standard InChI is InChI=1S/C22H24N5O7PS3/c1-26-6-4-13(5-7-26)36-9-12-10-37-20-16(19(29)27(20)17(12)21(30)31)25-18(28)14(8-35(32,33-2)34-3)15-11-38-22(23)24-15/h4-8,11,16,20H,9-10H2,1-3H3,(H3-,23,24,25,28,30,31)/p+1/b14-8-/t16-,20-/m1/s1. The van der Waals surface area contributed by atoms with E-state index in [0.717, 1.165) is 22.0 Å². The lowest BCUT2D eigenvalue weighted by atomic mass is 10.0. The zero-order valence-corrected chi connectivity index (χ0v) is 23.9. The van der Waals surface area contributed by atoms with Crippen molar-refractivity contribution in [3.63, 3.8) is 0 Å². The third-order valence-electron chi connectivity index (χ3n) is 5.74. The van der Waals surface area contributed by atoms with Gasteiger partial charge in [-0.15, -0.1) is 34.9 Å². The molecule has 16 heteroatoms. The number of carbonyl (C=O) groups is 3. The quantitative estimate of drug-likeness (QED) is 0.120. The Balaban J connectivity index is 1.53. The number of nitrogens with zero attached hydrogens (tertiary/aromatic N) is 3. The van der Waals surface area contributed by atoms with Crippen LogP contribution >= 0.6 is 42.5 Å². The van der Waals surface area contributed by atoms with E-state index < -0.39 is 36.8 Å². The molecule has 2 atom stereocenters. The summed E-state index contributed by atoms with van der Waals surface area (Å²) in [5, 5.41) is 13.6. The Morgan fingerprint density at radius 2 is 2.05 bits per heavy atom.